The topological polar surface area (TPSA) is 98.4 Å². The molecule has 0 saturated carbocycles. The van der Waals surface area contributed by atoms with Crippen LogP contribution in [0.5, 0.6) is 0 Å². The maximum atomic E-state index is 7.46. The fourth-order valence-electron chi connectivity index (χ4n) is 3.15. The van der Waals surface area contributed by atoms with E-state index in [0.29, 0.717) is 27.9 Å². The van der Waals surface area contributed by atoms with Crippen LogP contribution in [0.1, 0.15) is 24.2 Å². The SMILES string of the molecule is [C-]#[N+]c1c(C)nc(N)nc1N[C@@H](C)c1cn2ncc(Cl)c2nc1-c1ccccc1. The minimum atomic E-state index is -0.251. The lowest BCUT2D eigenvalue weighted by atomic mass is 10.0. The highest BCUT2D eigenvalue weighted by atomic mass is 35.5. The molecule has 0 saturated heterocycles. The smallest absolute Gasteiger partial charge is 0.249 e. The molecule has 0 amide bonds. The van der Waals surface area contributed by atoms with Gasteiger partial charge in [-0.3, -0.25) is 0 Å². The number of benzene rings is 1. The van der Waals surface area contributed by atoms with Crippen molar-refractivity contribution in [3.63, 3.8) is 0 Å². The zero-order chi connectivity index (χ0) is 20.5. The Labute approximate surface area is 172 Å². The normalized spacial score (nSPS) is 11.9. The summed E-state index contributed by atoms with van der Waals surface area (Å²) in [4.78, 5) is 16.6. The predicted octanol–water partition coefficient (Wildman–Crippen LogP) is 4.45. The number of hydrogen-bond donors (Lipinski definition) is 2. The van der Waals surface area contributed by atoms with Gasteiger partial charge in [0.05, 0.1) is 30.2 Å². The van der Waals surface area contributed by atoms with Gasteiger partial charge in [0.2, 0.25) is 11.6 Å². The monoisotopic (exact) mass is 404 g/mol. The van der Waals surface area contributed by atoms with Crippen LogP contribution < -0.4 is 11.1 Å². The van der Waals surface area contributed by atoms with Gasteiger partial charge < -0.3 is 11.1 Å². The number of anilines is 2. The highest BCUT2D eigenvalue weighted by Gasteiger charge is 2.20. The van der Waals surface area contributed by atoms with Gasteiger partial charge in [0.1, 0.15) is 10.8 Å². The van der Waals surface area contributed by atoms with Crippen LogP contribution in [0, 0.1) is 13.5 Å². The molecule has 0 fully saturated rings. The van der Waals surface area contributed by atoms with Gasteiger partial charge in [-0.25, -0.2) is 24.3 Å². The molecule has 0 aliphatic heterocycles. The second-order valence-corrected chi connectivity index (χ2v) is 6.92. The Bertz CT molecular complexity index is 1240. The third-order valence-electron chi connectivity index (χ3n) is 4.53. The van der Waals surface area contributed by atoms with Gasteiger partial charge in [-0.15, -0.1) is 0 Å². The summed E-state index contributed by atoms with van der Waals surface area (Å²) in [5.74, 6) is 0.496. The van der Waals surface area contributed by atoms with E-state index in [2.05, 4.69) is 25.2 Å². The Hall–Kier alpha value is -3.70. The van der Waals surface area contributed by atoms with Gasteiger partial charge in [-0.2, -0.15) is 5.10 Å². The Morgan fingerprint density at radius 3 is 2.69 bits per heavy atom. The summed E-state index contributed by atoms with van der Waals surface area (Å²) in [6.45, 7) is 11.1. The third kappa shape index (κ3) is 3.44. The number of aromatic nitrogens is 5. The number of nitrogen functional groups attached to an aromatic ring is 1. The molecule has 144 valence electrons. The van der Waals surface area contributed by atoms with Crippen molar-refractivity contribution in [2.24, 2.45) is 0 Å². The molecule has 3 heterocycles. The molecule has 29 heavy (non-hydrogen) atoms. The van der Waals surface area contributed by atoms with Gasteiger partial charge >= 0.3 is 0 Å². The van der Waals surface area contributed by atoms with Crippen LogP contribution in [0.2, 0.25) is 5.02 Å². The van der Waals surface area contributed by atoms with Crippen LogP contribution in [0.3, 0.4) is 0 Å². The molecular weight excluding hydrogens is 388 g/mol. The molecule has 1 aromatic carbocycles. The molecule has 0 aliphatic rings. The Morgan fingerprint density at radius 2 is 1.97 bits per heavy atom. The highest BCUT2D eigenvalue weighted by molar-refractivity contribution is 6.33. The number of aryl methyl sites for hydroxylation is 1. The molecule has 8 nitrogen and oxygen atoms in total. The molecule has 4 aromatic rings. The van der Waals surface area contributed by atoms with Gasteiger partial charge in [0.15, 0.2) is 5.65 Å². The standard InChI is InChI=1S/C20H17ClN8/c1-11(25-18-16(23-3)12(2)26-20(22)28-18)14-10-29-19(15(21)9-24-29)27-17(14)13-7-5-4-6-8-13/h4-11H,1-2H3,(H3,22,25,26,28)/t11-/m0/s1. The van der Waals surface area contributed by atoms with Crippen LogP contribution in [-0.2, 0) is 0 Å². The maximum Gasteiger partial charge on any atom is 0.249 e. The molecule has 0 unspecified atom stereocenters. The Balaban J connectivity index is 1.84. The summed E-state index contributed by atoms with van der Waals surface area (Å²) in [6.07, 6.45) is 3.44. The van der Waals surface area contributed by atoms with E-state index in [1.54, 1.807) is 17.6 Å². The number of hydrogen-bond acceptors (Lipinski definition) is 6. The quantitative estimate of drug-likeness (QED) is 0.487. The molecule has 0 aliphatic carbocycles. The average molecular weight is 405 g/mol. The molecule has 0 bridgehead atoms. The largest absolute Gasteiger partial charge is 0.372 e. The lowest BCUT2D eigenvalue weighted by Gasteiger charge is -2.20. The second kappa shape index (κ2) is 7.37. The van der Waals surface area contributed by atoms with Gasteiger partial charge in [0, 0.05) is 17.3 Å². The van der Waals surface area contributed by atoms with Crippen molar-refractivity contribution in [2.45, 2.75) is 19.9 Å². The molecule has 9 heteroatoms. The molecule has 3 aromatic heterocycles. The summed E-state index contributed by atoms with van der Waals surface area (Å²) < 4.78 is 1.64. The summed E-state index contributed by atoms with van der Waals surface area (Å²) in [7, 11) is 0. The average Bonchev–Trinajstić information content (AvgIpc) is 3.07. The Kier molecular flexibility index (Phi) is 4.74. The first kappa shape index (κ1) is 18.7. The molecular formula is C20H17ClN8. The van der Waals surface area contributed by atoms with Crippen LogP contribution >= 0.6 is 11.6 Å². The van der Waals surface area contributed by atoms with Gasteiger partial charge in [-0.05, 0) is 13.8 Å². The first-order chi connectivity index (χ1) is 14.0. The Morgan fingerprint density at radius 1 is 1.21 bits per heavy atom. The van der Waals surface area contributed by atoms with E-state index in [9.17, 15) is 0 Å². The minimum Gasteiger partial charge on any atom is -0.372 e. The number of halogens is 1. The van der Waals surface area contributed by atoms with Crippen LogP contribution in [0.4, 0.5) is 17.5 Å². The van der Waals surface area contributed by atoms with Crippen molar-refractivity contribution in [3.8, 4) is 11.3 Å². The fourth-order valence-corrected chi connectivity index (χ4v) is 3.32. The number of fused-ring (bicyclic) bond motifs is 1. The van der Waals surface area contributed by atoms with Crippen molar-refractivity contribution in [2.75, 3.05) is 11.1 Å². The van der Waals surface area contributed by atoms with E-state index < -0.39 is 0 Å². The molecule has 0 radical (unpaired) electrons. The lowest BCUT2D eigenvalue weighted by Crippen LogP contribution is -2.13. The zero-order valence-electron chi connectivity index (χ0n) is 15.8. The summed E-state index contributed by atoms with van der Waals surface area (Å²) in [6, 6.07) is 9.57. The molecule has 1 atom stereocenters. The van der Waals surface area contributed by atoms with Crippen LogP contribution in [0.15, 0.2) is 42.7 Å². The number of nitrogens with one attached hydrogen (secondary N) is 1. The van der Waals surface area contributed by atoms with E-state index in [-0.39, 0.29) is 12.0 Å². The van der Waals surface area contributed by atoms with Crippen molar-refractivity contribution < 1.29 is 0 Å². The number of nitrogens with zero attached hydrogens (tertiary/aromatic N) is 6. The van der Waals surface area contributed by atoms with Crippen LogP contribution in [0.25, 0.3) is 21.7 Å². The van der Waals surface area contributed by atoms with Crippen LogP contribution in [-0.4, -0.2) is 24.6 Å². The van der Waals surface area contributed by atoms with Gasteiger partial charge in [-0.1, -0.05) is 41.9 Å². The first-order valence-corrected chi connectivity index (χ1v) is 9.23. The predicted molar refractivity (Wildman–Crippen MR) is 113 cm³/mol. The third-order valence-corrected chi connectivity index (χ3v) is 4.80. The second-order valence-electron chi connectivity index (χ2n) is 6.51. The summed E-state index contributed by atoms with van der Waals surface area (Å²) in [5.41, 5.74) is 9.81. The van der Waals surface area contributed by atoms with Crippen molar-refractivity contribution >= 4 is 34.7 Å². The first-order valence-electron chi connectivity index (χ1n) is 8.85. The van der Waals surface area contributed by atoms with E-state index in [1.165, 1.54) is 0 Å². The zero-order valence-corrected chi connectivity index (χ0v) is 16.5. The highest BCUT2D eigenvalue weighted by Crippen LogP contribution is 2.33. The number of nitrogens with two attached hydrogens (primary N) is 1. The maximum absolute atomic E-state index is 7.46. The minimum absolute atomic E-state index is 0.111. The summed E-state index contributed by atoms with van der Waals surface area (Å²) in [5, 5.41) is 8.02. The molecule has 3 N–H and O–H groups in total. The number of rotatable bonds is 4. The molecule has 4 rings (SSSR count). The van der Waals surface area contributed by atoms with E-state index in [4.69, 9.17) is 28.9 Å². The van der Waals surface area contributed by atoms with Crippen molar-refractivity contribution in [3.05, 3.63) is 70.4 Å². The lowest BCUT2D eigenvalue weighted by molar-refractivity contribution is 0.831. The fraction of sp³-hybridized carbons (Fsp3) is 0.150. The summed E-state index contributed by atoms with van der Waals surface area (Å²) >= 11 is 6.24. The van der Waals surface area contributed by atoms with E-state index in [0.717, 1.165) is 16.8 Å². The van der Waals surface area contributed by atoms with E-state index in [1.807, 2.05) is 43.5 Å². The van der Waals surface area contributed by atoms with Crippen molar-refractivity contribution in [1.29, 1.82) is 0 Å². The molecule has 0 spiro atoms. The van der Waals surface area contributed by atoms with Gasteiger partial charge in [0.25, 0.3) is 0 Å². The van der Waals surface area contributed by atoms with Crippen molar-refractivity contribution in [1.82, 2.24) is 24.6 Å². The van der Waals surface area contributed by atoms with E-state index >= 15 is 0 Å².